The third kappa shape index (κ3) is 5.29. The molecule has 4 atom stereocenters. The van der Waals surface area contributed by atoms with Crippen molar-refractivity contribution in [2.75, 3.05) is 34.5 Å². The number of aliphatic hydroxyl groups excluding tert-OH is 3. The van der Waals surface area contributed by atoms with E-state index in [1.807, 2.05) is 0 Å². The lowest BCUT2D eigenvalue weighted by molar-refractivity contribution is -0.104. The molecule has 212 valence electrons. The van der Waals surface area contributed by atoms with Gasteiger partial charge in [-0.1, -0.05) is 12.1 Å². The molecule has 0 fully saturated rings. The molecule has 1 aliphatic rings. The van der Waals surface area contributed by atoms with Crippen LogP contribution in [0.5, 0.6) is 34.5 Å². The molecule has 3 aromatic rings. The fourth-order valence-electron chi connectivity index (χ4n) is 5.05. The molecule has 0 spiro atoms. The second kappa shape index (κ2) is 12.3. The Hall–Kier alpha value is -4.25. The van der Waals surface area contributed by atoms with Crippen LogP contribution in [0.25, 0.3) is 6.08 Å². The molecular weight excluding hydrogens is 520 g/mol. The zero-order valence-electron chi connectivity index (χ0n) is 22.3. The molecule has 3 aromatic carbocycles. The highest BCUT2D eigenvalue weighted by Crippen LogP contribution is 2.52. The van der Waals surface area contributed by atoms with E-state index in [0.29, 0.717) is 40.0 Å². The highest BCUT2D eigenvalue weighted by molar-refractivity contribution is 5.75. The summed E-state index contributed by atoms with van der Waals surface area (Å²) >= 11 is 0. The van der Waals surface area contributed by atoms with Gasteiger partial charge < -0.3 is 44.5 Å². The number of allylic oxidation sites excluding steroid dienone is 1. The number of carbonyl (C=O) groups excluding carboxylic acids is 1. The Labute approximate surface area is 231 Å². The number of fused-ring (bicyclic) bond motifs is 1. The van der Waals surface area contributed by atoms with Gasteiger partial charge in [-0.2, -0.15) is 0 Å². The van der Waals surface area contributed by atoms with E-state index in [4.69, 9.17) is 18.9 Å². The first-order valence-corrected chi connectivity index (χ1v) is 12.5. The van der Waals surface area contributed by atoms with Crippen molar-refractivity contribution in [2.45, 2.75) is 24.0 Å². The molecular formula is C30H32O10. The summed E-state index contributed by atoms with van der Waals surface area (Å²) in [7, 11) is 4.24. The zero-order valence-corrected chi connectivity index (χ0v) is 22.3. The van der Waals surface area contributed by atoms with E-state index >= 15 is 0 Å². The van der Waals surface area contributed by atoms with Gasteiger partial charge in [-0.25, -0.2) is 0 Å². The largest absolute Gasteiger partial charge is 0.504 e. The van der Waals surface area contributed by atoms with Crippen molar-refractivity contribution in [3.05, 3.63) is 76.4 Å². The Morgan fingerprint density at radius 1 is 0.950 bits per heavy atom. The Morgan fingerprint density at radius 2 is 1.68 bits per heavy atom. The van der Waals surface area contributed by atoms with E-state index in [0.717, 1.165) is 0 Å². The van der Waals surface area contributed by atoms with Crippen LogP contribution in [-0.2, 0) is 4.79 Å². The number of hydrogen-bond donors (Lipinski definition) is 5. The number of benzene rings is 3. The van der Waals surface area contributed by atoms with E-state index < -0.39 is 30.7 Å². The summed E-state index contributed by atoms with van der Waals surface area (Å²) in [6, 6.07) is 11.0. The summed E-state index contributed by atoms with van der Waals surface area (Å²) in [5.74, 6) is -0.868. The summed E-state index contributed by atoms with van der Waals surface area (Å²) in [6.45, 7) is -0.834. The van der Waals surface area contributed by atoms with Crippen molar-refractivity contribution in [2.24, 2.45) is 0 Å². The minimum Gasteiger partial charge on any atom is -0.504 e. The van der Waals surface area contributed by atoms with Gasteiger partial charge >= 0.3 is 0 Å². The lowest BCUT2D eigenvalue weighted by Gasteiger charge is -2.26. The van der Waals surface area contributed by atoms with E-state index in [1.54, 1.807) is 30.3 Å². The van der Waals surface area contributed by atoms with E-state index in [2.05, 4.69) is 0 Å². The highest BCUT2D eigenvalue weighted by Gasteiger charge is 2.39. The molecule has 0 radical (unpaired) electrons. The number of rotatable bonds is 11. The highest BCUT2D eigenvalue weighted by atomic mass is 16.5. The average molecular weight is 553 g/mol. The number of methoxy groups -OCH3 is 3. The number of ether oxygens (including phenoxy) is 4. The number of carbonyl (C=O) groups is 1. The van der Waals surface area contributed by atoms with Crippen LogP contribution in [0.2, 0.25) is 0 Å². The number of phenolic OH excluding ortho intramolecular Hbond substituents is 2. The molecule has 1 aliphatic heterocycles. The SMILES string of the molecule is COc1cc([C@H](O)[C@@H](CO)c2cc([C@@H]3Oc4c(OC)cc(/C=C/C=O)cc4[C@H]3CO)cc(OC)c2O)ccc1O. The van der Waals surface area contributed by atoms with Crippen molar-refractivity contribution in [1.29, 1.82) is 0 Å². The molecule has 1 heterocycles. The molecule has 4 rings (SSSR count). The fraction of sp³-hybridized carbons (Fsp3) is 0.300. The van der Waals surface area contributed by atoms with E-state index in [9.17, 15) is 30.3 Å². The molecule has 5 N–H and O–H groups in total. The Bertz CT molecular complexity index is 1400. The lowest BCUT2D eigenvalue weighted by Crippen LogP contribution is -2.18. The van der Waals surface area contributed by atoms with Gasteiger partial charge in [0.05, 0.1) is 46.6 Å². The number of phenols is 2. The molecule has 10 heteroatoms. The Balaban J connectivity index is 1.79. The summed E-state index contributed by atoms with van der Waals surface area (Å²) in [4.78, 5) is 10.8. The van der Waals surface area contributed by atoms with Crippen LogP contribution in [-0.4, -0.2) is 66.4 Å². The minimum absolute atomic E-state index is 0.0826. The number of aliphatic hydroxyl groups is 3. The molecule has 0 aromatic heterocycles. The predicted octanol–water partition coefficient (Wildman–Crippen LogP) is 3.35. The van der Waals surface area contributed by atoms with E-state index in [1.165, 1.54) is 45.6 Å². The third-order valence-electron chi connectivity index (χ3n) is 7.10. The molecule has 0 amide bonds. The first kappa shape index (κ1) is 28.8. The maximum absolute atomic E-state index is 11.2. The Kier molecular flexibility index (Phi) is 8.83. The lowest BCUT2D eigenvalue weighted by atomic mass is 9.85. The first-order valence-electron chi connectivity index (χ1n) is 12.5. The van der Waals surface area contributed by atoms with Crippen LogP contribution >= 0.6 is 0 Å². The van der Waals surface area contributed by atoms with Gasteiger partial charge in [0, 0.05) is 17.0 Å². The average Bonchev–Trinajstić information content (AvgIpc) is 3.35. The van der Waals surface area contributed by atoms with Crippen LogP contribution in [0.15, 0.2) is 48.5 Å². The van der Waals surface area contributed by atoms with Gasteiger partial charge in [0.2, 0.25) is 0 Å². The maximum Gasteiger partial charge on any atom is 0.165 e. The molecule has 0 aliphatic carbocycles. The number of aromatic hydroxyl groups is 2. The fourth-order valence-corrected chi connectivity index (χ4v) is 5.05. The van der Waals surface area contributed by atoms with Crippen LogP contribution in [0, 0.1) is 0 Å². The summed E-state index contributed by atoms with van der Waals surface area (Å²) in [5.41, 5.74) is 2.40. The van der Waals surface area contributed by atoms with Gasteiger partial charge in [0.25, 0.3) is 0 Å². The van der Waals surface area contributed by atoms with Crippen molar-refractivity contribution in [1.82, 2.24) is 0 Å². The quantitative estimate of drug-likeness (QED) is 0.177. The molecule has 0 unspecified atom stereocenters. The van der Waals surface area contributed by atoms with Gasteiger partial charge in [-0.15, -0.1) is 0 Å². The second-order valence-electron chi connectivity index (χ2n) is 9.29. The van der Waals surface area contributed by atoms with Crippen LogP contribution in [0.1, 0.15) is 51.9 Å². The first-order chi connectivity index (χ1) is 19.3. The minimum atomic E-state index is -1.30. The van der Waals surface area contributed by atoms with Crippen LogP contribution in [0.3, 0.4) is 0 Å². The van der Waals surface area contributed by atoms with Gasteiger partial charge in [-0.05, 0) is 59.2 Å². The summed E-state index contributed by atoms with van der Waals surface area (Å²) < 4.78 is 22.4. The summed E-state index contributed by atoms with van der Waals surface area (Å²) in [5, 5.41) is 52.9. The topological polar surface area (TPSA) is 155 Å². The normalized spacial score (nSPS) is 17.6. The van der Waals surface area contributed by atoms with Crippen molar-refractivity contribution in [3.8, 4) is 34.5 Å². The van der Waals surface area contributed by atoms with Crippen LogP contribution < -0.4 is 18.9 Å². The number of aldehydes is 1. The van der Waals surface area contributed by atoms with Crippen molar-refractivity contribution >= 4 is 12.4 Å². The van der Waals surface area contributed by atoms with Crippen molar-refractivity contribution < 1.29 is 49.3 Å². The molecule has 10 nitrogen and oxygen atoms in total. The third-order valence-corrected chi connectivity index (χ3v) is 7.10. The smallest absolute Gasteiger partial charge is 0.165 e. The van der Waals surface area contributed by atoms with E-state index in [-0.39, 0.29) is 35.2 Å². The maximum atomic E-state index is 11.2. The predicted molar refractivity (Wildman–Crippen MR) is 145 cm³/mol. The molecule has 0 bridgehead atoms. The zero-order chi connectivity index (χ0) is 29.0. The monoisotopic (exact) mass is 552 g/mol. The molecule has 0 saturated carbocycles. The van der Waals surface area contributed by atoms with Gasteiger partial charge in [0.15, 0.2) is 34.5 Å². The number of hydrogen-bond acceptors (Lipinski definition) is 10. The van der Waals surface area contributed by atoms with Crippen molar-refractivity contribution in [3.63, 3.8) is 0 Å². The molecule has 0 saturated heterocycles. The van der Waals surface area contributed by atoms with Gasteiger partial charge in [0.1, 0.15) is 12.4 Å². The second-order valence-corrected chi connectivity index (χ2v) is 9.29. The summed E-state index contributed by atoms with van der Waals surface area (Å²) in [6.07, 6.45) is 1.59. The molecule has 40 heavy (non-hydrogen) atoms. The standard InChI is InChI=1S/C30H32O10/c1-37-24-12-17(6-7-23(24)34)27(35)21(14-32)19-11-18(13-25(38-2)28(19)36)29-22(15-33)20-9-16(5-4-8-31)10-26(39-3)30(20)40-29/h4-13,21-22,27,29,32-36H,14-15H2,1-3H3/b5-4+/t21-,22+,27-,29-/m0/s1. The van der Waals surface area contributed by atoms with Crippen LogP contribution in [0.4, 0.5) is 0 Å². The van der Waals surface area contributed by atoms with Gasteiger partial charge in [-0.3, -0.25) is 4.79 Å². The Morgan fingerprint density at radius 3 is 2.30 bits per heavy atom.